The Bertz CT molecular complexity index is 634. The first-order chi connectivity index (χ1) is 9.08. The van der Waals surface area contributed by atoms with Crippen molar-refractivity contribution in [3.05, 3.63) is 56.2 Å². The van der Waals surface area contributed by atoms with Crippen LogP contribution in [0.3, 0.4) is 0 Å². The largest absolute Gasteiger partial charge is 0.272 e. The van der Waals surface area contributed by atoms with Crippen LogP contribution in [0.5, 0.6) is 0 Å². The fourth-order valence-electron chi connectivity index (χ4n) is 1.53. The molecule has 0 saturated carbocycles. The summed E-state index contributed by atoms with van der Waals surface area (Å²) in [5.41, 5.74) is 5.05. The zero-order valence-corrected chi connectivity index (χ0v) is 12.2. The molecule has 0 aliphatic rings. The average molecular weight is 293 g/mol. The number of nitrogens with one attached hydrogen (secondary N) is 1. The van der Waals surface area contributed by atoms with Gasteiger partial charge in [-0.15, -0.1) is 11.3 Å². The predicted octanol–water partition coefficient (Wildman–Crippen LogP) is 3.78. The molecule has 2 rings (SSSR count). The molecule has 0 spiro atoms. The zero-order chi connectivity index (χ0) is 13.8. The lowest BCUT2D eigenvalue weighted by Crippen LogP contribution is -2.18. The third-order valence-electron chi connectivity index (χ3n) is 2.62. The third-order valence-corrected chi connectivity index (χ3v) is 3.89. The van der Waals surface area contributed by atoms with Crippen molar-refractivity contribution < 1.29 is 4.79 Å². The highest BCUT2D eigenvalue weighted by Gasteiger charge is 2.09. The number of rotatable bonds is 3. The van der Waals surface area contributed by atoms with E-state index in [4.69, 9.17) is 11.6 Å². The van der Waals surface area contributed by atoms with Crippen molar-refractivity contribution in [3.63, 3.8) is 0 Å². The topological polar surface area (TPSA) is 41.5 Å². The number of hydrazone groups is 1. The van der Waals surface area contributed by atoms with Gasteiger partial charge in [0.15, 0.2) is 0 Å². The van der Waals surface area contributed by atoms with E-state index in [1.807, 2.05) is 31.4 Å². The van der Waals surface area contributed by atoms with Gasteiger partial charge < -0.3 is 0 Å². The summed E-state index contributed by atoms with van der Waals surface area (Å²) in [6, 6.07) is 7.29. The number of thiophene rings is 1. The van der Waals surface area contributed by atoms with Gasteiger partial charge in [-0.25, -0.2) is 5.43 Å². The van der Waals surface area contributed by atoms with Gasteiger partial charge in [0.05, 0.1) is 16.8 Å². The van der Waals surface area contributed by atoms with Gasteiger partial charge in [0.25, 0.3) is 5.91 Å². The normalized spacial score (nSPS) is 10.9. The van der Waals surface area contributed by atoms with Crippen molar-refractivity contribution in [1.29, 1.82) is 0 Å². The van der Waals surface area contributed by atoms with Crippen LogP contribution in [0.15, 0.2) is 34.7 Å². The van der Waals surface area contributed by atoms with Gasteiger partial charge in [0.2, 0.25) is 0 Å². The number of carbonyl (C=O) groups is 1. The Morgan fingerprint density at radius 3 is 2.79 bits per heavy atom. The average Bonchev–Trinajstić information content (AvgIpc) is 2.75. The molecule has 0 bridgehead atoms. The standard InChI is InChI=1S/C14H13ClN2OS/c1-9-3-4-11(12(15)7-9)14(18)17-16-8-13-10(2)5-6-19-13/h3-8H,1-2H3,(H,17,18). The van der Waals surface area contributed by atoms with Gasteiger partial charge in [-0.2, -0.15) is 5.10 Å². The Morgan fingerprint density at radius 2 is 2.16 bits per heavy atom. The molecule has 98 valence electrons. The molecule has 0 aliphatic carbocycles. The lowest BCUT2D eigenvalue weighted by atomic mass is 10.1. The molecule has 0 atom stereocenters. The van der Waals surface area contributed by atoms with Crippen molar-refractivity contribution in [3.8, 4) is 0 Å². The maximum atomic E-state index is 11.9. The van der Waals surface area contributed by atoms with Crippen molar-refractivity contribution in [2.24, 2.45) is 5.10 Å². The van der Waals surface area contributed by atoms with E-state index in [1.54, 1.807) is 29.7 Å². The summed E-state index contributed by atoms with van der Waals surface area (Å²) in [5, 5.41) is 6.35. The van der Waals surface area contributed by atoms with Gasteiger partial charge in [0, 0.05) is 4.88 Å². The zero-order valence-electron chi connectivity index (χ0n) is 10.6. The Kier molecular flexibility index (Phi) is 4.35. The third kappa shape index (κ3) is 3.43. The molecule has 0 saturated heterocycles. The Labute approximate surface area is 120 Å². The van der Waals surface area contributed by atoms with E-state index < -0.39 is 0 Å². The van der Waals surface area contributed by atoms with Gasteiger partial charge in [0.1, 0.15) is 0 Å². The quantitative estimate of drug-likeness (QED) is 0.679. The molecule has 0 unspecified atom stereocenters. The van der Waals surface area contributed by atoms with Crippen LogP contribution in [0.25, 0.3) is 0 Å². The van der Waals surface area contributed by atoms with Gasteiger partial charge in [-0.3, -0.25) is 4.79 Å². The molecule has 1 heterocycles. The minimum atomic E-state index is -0.310. The van der Waals surface area contributed by atoms with E-state index in [2.05, 4.69) is 10.5 Å². The fraction of sp³-hybridized carbons (Fsp3) is 0.143. The fourth-order valence-corrected chi connectivity index (χ4v) is 2.64. The van der Waals surface area contributed by atoms with Gasteiger partial charge >= 0.3 is 0 Å². The van der Waals surface area contributed by atoms with Crippen LogP contribution >= 0.6 is 22.9 Å². The summed E-state index contributed by atoms with van der Waals surface area (Å²) in [6.45, 7) is 3.92. The first-order valence-corrected chi connectivity index (χ1v) is 6.97. The number of benzene rings is 1. The number of hydrogen-bond donors (Lipinski definition) is 1. The number of hydrogen-bond acceptors (Lipinski definition) is 3. The minimum Gasteiger partial charge on any atom is -0.267 e. The smallest absolute Gasteiger partial charge is 0.267 e. The van der Waals surface area contributed by atoms with Crippen LogP contribution in [-0.2, 0) is 0 Å². The molecule has 1 amide bonds. The second kappa shape index (κ2) is 5.99. The molecule has 1 N–H and O–H groups in total. The molecule has 19 heavy (non-hydrogen) atoms. The van der Waals surface area contributed by atoms with E-state index in [0.29, 0.717) is 10.6 Å². The van der Waals surface area contributed by atoms with Gasteiger partial charge in [-0.1, -0.05) is 17.7 Å². The van der Waals surface area contributed by atoms with Crippen molar-refractivity contribution in [2.45, 2.75) is 13.8 Å². The molecule has 0 fully saturated rings. The molecule has 0 radical (unpaired) electrons. The molecule has 1 aromatic heterocycles. The Hall–Kier alpha value is -1.65. The number of carbonyl (C=O) groups excluding carboxylic acids is 1. The van der Waals surface area contributed by atoms with Crippen LogP contribution in [0.2, 0.25) is 5.02 Å². The van der Waals surface area contributed by atoms with E-state index in [-0.39, 0.29) is 5.91 Å². The second-order valence-corrected chi connectivity index (χ2v) is 5.51. The number of halogens is 1. The number of aryl methyl sites for hydroxylation is 2. The van der Waals surface area contributed by atoms with E-state index >= 15 is 0 Å². The summed E-state index contributed by atoms with van der Waals surface area (Å²) >= 11 is 7.59. The molecule has 1 aromatic carbocycles. The maximum Gasteiger partial charge on any atom is 0.272 e. The van der Waals surface area contributed by atoms with Crippen LogP contribution in [0.1, 0.15) is 26.4 Å². The highest BCUT2D eigenvalue weighted by Crippen LogP contribution is 2.17. The number of amides is 1. The molecule has 0 aliphatic heterocycles. The minimum absolute atomic E-state index is 0.310. The Morgan fingerprint density at radius 1 is 1.37 bits per heavy atom. The van der Waals surface area contributed by atoms with Crippen molar-refractivity contribution >= 4 is 35.1 Å². The summed E-state index contributed by atoms with van der Waals surface area (Å²) in [4.78, 5) is 12.9. The maximum absolute atomic E-state index is 11.9. The summed E-state index contributed by atoms with van der Waals surface area (Å²) < 4.78 is 0. The van der Waals surface area contributed by atoms with Crippen LogP contribution in [0.4, 0.5) is 0 Å². The van der Waals surface area contributed by atoms with E-state index in [9.17, 15) is 4.79 Å². The molecular weight excluding hydrogens is 280 g/mol. The highest BCUT2D eigenvalue weighted by atomic mass is 35.5. The first-order valence-electron chi connectivity index (χ1n) is 5.71. The SMILES string of the molecule is Cc1ccc(C(=O)NN=Cc2sccc2C)c(Cl)c1. The highest BCUT2D eigenvalue weighted by molar-refractivity contribution is 7.11. The second-order valence-electron chi connectivity index (χ2n) is 4.15. The molecule has 2 aromatic rings. The summed E-state index contributed by atoms with van der Waals surface area (Å²) in [6.07, 6.45) is 1.64. The molecular formula is C14H13ClN2OS. The van der Waals surface area contributed by atoms with E-state index in [0.717, 1.165) is 16.0 Å². The first kappa shape index (κ1) is 13.8. The Balaban J connectivity index is 2.06. The lowest BCUT2D eigenvalue weighted by Gasteiger charge is -2.03. The molecule has 5 heteroatoms. The van der Waals surface area contributed by atoms with Crippen LogP contribution in [0, 0.1) is 13.8 Å². The predicted molar refractivity (Wildman–Crippen MR) is 80.3 cm³/mol. The van der Waals surface area contributed by atoms with Crippen molar-refractivity contribution in [2.75, 3.05) is 0 Å². The van der Waals surface area contributed by atoms with Crippen LogP contribution < -0.4 is 5.43 Å². The van der Waals surface area contributed by atoms with E-state index in [1.165, 1.54) is 0 Å². The summed E-state index contributed by atoms with van der Waals surface area (Å²) in [7, 11) is 0. The van der Waals surface area contributed by atoms with Crippen LogP contribution in [-0.4, -0.2) is 12.1 Å². The number of nitrogens with zero attached hydrogens (tertiary/aromatic N) is 1. The van der Waals surface area contributed by atoms with Gasteiger partial charge in [-0.05, 0) is 48.6 Å². The lowest BCUT2D eigenvalue weighted by molar-refractivity contribution is 0.0955. The van der Waals surface area contributed by atoms with Crippen molar-refractivity contribution in [1.82, 2.24) is 5.43 Å². The molecule has 3 nitrogen and oxygen atoms in total. The summed E-state index contributed by atoms with van der Waals surface area (Å²) in [5.74, 6) is -0.310. The monoisotopic (exact) mass is 292 g/mol.